The fraction of sp³-hybridized carbons (Fsp3) is 0.0800. The minimum atomic E-state index is 0.156. The van der Waals surface area contributed by atoms with Crippen molar-refractivity contribution >= 4 is 17.5 Å². The summed E-state index contributed by atoms with van der Waals surface area (Å²) in [7, 11) is 0. The molecule has 8 heteroatoms. The average molecular weight is 455 g/mol. The summed E-state index contributed by atoms with van der Waals surface area (Å²) in [5.74, 6) is 2.30. The number of benzene rings is 3. The van der Waals surface area contributed by atoms with Gasteiger partial charge in [-0.05, 0) is 35.4 Å². The van der Waals surface area contributed by atoms with Crippen LogP contribution in [0.2, 0.25) is 5.02 Å². The number of para-hydroxylation sites is 1. The van der Waals surface area contributed by atoms with Gasteiger partial charge in [0.15, 0.2) is 5.82 Å². The first-order chi connectivity index (χ1) is 16.2. The van der Waals surface area contributed by atoms with Gasteiger partial charge in [-0.3, -0.25) is 0 Å². The predicted octanol–water partition coefficient (Wildman–Crippen LogP) is 5.09. The molecule has 162 valence electrons. The summed E-state index contributed by atoms with van der Waals surface area (Å²) in [6.45, 7) is 1.20. The third-order valence-electron chi connectivity index (χ3n) is 5.63. The van der Waals surface area contributed by atoms with E-state index in [0.29, 0.717) is 35.4 Å². The summed E-state index contributed by atoms with van der Waals surface area (Å²) in [4.78, 5) is 9.40. The van der Waals surface area contributed by atoms with Crippen molar-refractivity contribution in [1.29, 1.82) is 0 Å². The molecule has 33 heavy (non-hydrogen) atoms. The van der Waals surface area contributed by atoms with E-state index in [1.54, 1.807) is 10.7 Å². The molecular formula is C25H19ClN6O. The topological polar surface area (TPSA) is 83.8 Å². The maximum absolute atomic E-state index is 6.42. The Bertz CT molecular complexity index is 1470. The molecule has 0 unspecified atom stereocenters. The van der Waals surface area contributed by atoms with Crippen LogP contribution in [0.5, 0.6) is 5.75 Å². The van der Waals surface area contributed by atoms with E-state index >= 15 is 0 Å². The second kappa shape index (κ2) is 7.79. The molecule has 0 saturated heterocycles. The summed E-state index contributed by atoms with van der Waals surface area (Å²) in [6, 6.07) is 23.9. The van der Waals surface area contributed by atoms with Crippen LogP contribution in [0.1, 0.15) is 0 Å². The smallest absolute Gasteiger partial charge is 0.240 e. The Labute approximate surface area is 195 Å². The third-order valence-corrected chi connectivity index (χ3v) is 5.95. The van der Waals surface area contributed by atoms with E-state index in [1.165, 1.54) is 0 Å². The predicted molar refractivity (Wildman–Crippen MR) is 128 cm³/mol. The Hall–Kier alpha value is -4.10. The van der Waals surface area contributed by atoms with Gasteiger partial charge in [0, 0.05) is 6.20 Å². The summed E-state index contributed by atoms with van der Waals surface area (Å²) < 4.78 is 9.72. The lowest BCUT2D eigenvalue weighted by molar-refractivity contribution is 0.306. The number of anilines is 1. The van der Waals surface area contributed by atoms with Crippen LogP contribution < -0.4 is 10.5 Å². The molecule has 3 heterocycles. The molecule has 0 saturated carbocycles. The first-order valence-electron chi connectivity index (χ1n) is 10.5. The number of imidazole rings is 1. The van der Waals surface area contributed by atoms with Gasteiger partial charge < -0.3 is 15.0 Å². The Morgan fingerprint density at radius 1 is 0.879 bits per heavy atom. The molecule has 0 atom stereocenters. The lowest BCUT2D eigenvalue weighted by atomic mass is 10.0. The largest absolute Gasteiger partial charge is 0.491 e. The second-order valence-electron chi connectivity index (χ2n) is 7.73. The van der Waals surface area contributed by atoms with Gasteiger partial charge in [-0.25, -0.2) is 9.67 Å². The summed E-state index contributed by atoms with van der Waals surface area (Å²) >= 11 is 6.42. The van der Waals surface area contributed by atoms with Crippen molar-refractivity contribution < 1.29 is 4.74 Å². The van der Waals surface area contributed by atoms with Crippen molar-refractivity contribution in [3.05, 3.63) is 84.0 Å². The number of aromatic nitrogens is 5. The quantitative estimate of drug-likeness (QED) is 0.410. The van der Waals surface area contributed by atoms with Crippen molar-refractivity contribution in [3.63, 3.8) is 0 Å². The summed E-state index contributed by atoms with van der Waals surface area (Å²) in [5, 5.41) is 4.92. The molecule has 0 aliphatic carbocycles. The number of hydrogen-bond acceptors (Lipinski definition) is 5. The molecule has 3 aromatic carbocycles. The zero-order chi connectivity index (χ0) is 22.4. The average Bonchev–Trinajstić information content (AvgIpc) is 3.39. The molecule has 0 bridgehead atoms. The van der Waals surface area contributed by atoms with E-state index < -0.39 is 0 Å². The fourth-order valence-electron chi connectivity index (χ4n) is 4.09. The monoisotopic (exact) mass is 454 g/mol. The molecule has 1 aliphatic heterocycles. The van der Waals surface area contributed by atoms with E-state index in [-0.39, 0.29) is 5.95 Å². The maximum atomic E-state index is 6.42. The van der Waals surface area contributed by atoms with E-state index in [2.05, 4.69) is 38.9 Å². The zero-order valence-electron chi connectivity index (χ0n) is 17.5. The van der Waals surface area contributed by atoms with Crippen molar-refractivity contribution in [2.75, 3.05) is 12.3 Å². The van der Waals surface area contributed by atoms with Crippen LogP contribution >= 0.6 is 11.6 Å². The Morgan fingerprint density at radius 2 is 1.70 bits per heavy atom. The van der Waals surface area contributed by atoms with Gasteiger partial charge >= 0.3 is 0 Å². The number of rotatable bonds is 3. The van der Waals surface area contributed by atoms with Crippen molar-refractivity contribution in [2.45, 2.75) is 6.54 Å². The molecule has 1 aliphatic rings. The normalized spacial score (nSPS) is 12.5. The van der Waals surface area contributed by atoms with Gasteiger partial charge in [0.25, 0.3) is 0 Å². The number of fused-ring (bicyclic) bond motifs is 3. The number of nitrogens with two attached hydrogens (primary N) is 1. The van der Waals surface area contributed by atoms with Gasteiger partial charge in [-0.2, -0.15) is 4.98 Å². The van der Waals surface area contributed by atoms with Crippen LogP contribution in [0.4, 0.5) is 5.95 Å². The maximum Gasteiger partial charge on any atom is 0.240 e. The van der Waals surface area contributed by atoms with Crippen LogP contribution in [-0.4, -0.2) is 30.9 Å². The van der Waals surface area contributed by atoms with Gasteiger partial charge in [0.05, 0.1) is 22.8 Å². The third kappa shape index (κ3) is 3.43. The SMILES string of the molecule is Nc1nc(-c2cn3c(n2)-c2cc(-c4ccccc4)ccc2OCC3)n(-c2ccccc2Cl)n1. The molecular weight excluding hydrogens is 436 g/mol. The number of ether oxygens (including phenoxy) is 1. The highest BCUT2D eigenvalue weighted by Crippen LogP contribution is 2.37. The second-order valence-corrected chi connectivity index (χ2v) is 8.13. The minimum Gasteiger partial charge on any atom is -0.491 e. The van der Waals surface area contributed by atoms with E-state index in [9.17, 15) is 0 Å². The van der Waals surface area contributed by atoms with Gasteiger partial charge in [-0.15, -0.1) is 5.10 Å². The molecule has 6 rings (SSSR count). The Balaban J connectivity index is 1.50. The van der Waals surface area contributed by atoms with Crippen molar-refractivity contribution in [1.82, 2.24) is 24.3 Å². The number of nitrogen functional groups attached to an aromatic ring is 1. The molecule has 7 nitrogen and oxygen atoms in total. The molecule has 0 amide bonds. The Kier molecular flexibility index (Phi) is 4.62. The standard InChI is InChI=1S/C25H19ClN6O/c26-19-8-4-5-9-21(19)32-24(29-25(27)30-32)20-15-31-12-13-33-22-11-10-17(14-18(22)23(31)28-20)16-6-2-1-3-7-16/h1-11,14-15H,12-13H2,(H2,27,30). The van der Waals surface area contributed by atoms with E-state index in [0.717, 1.165) is 28.3 Å². The molecule has 2 N–H and O–H groups in total. The number of hydrogen-bond donors (Lipinski definition) is 1. The number of halogens is 1. The Morgan fingerprint density at radius 3 is 2.55 bits per heavy atom. The molecule has 5 aromatic rings. The van der Waals surface area contributed by atoms with Crippen molar-refractivity contribution in [3.8, 4) is 45.5 Å². The highest BCUT2D eigenvalue weighted by Gasteiger charge is 2.23. The zero-order valence-corrected chi connectivity index (χ0v) is 18.3. The first-order valence-corrected chi connectivity index (χ1v) is 10.9. The lowest BCUT2D eigenvalue weighted by Crippen LogP contribution is -2.04. The fourth-order valence-corrected chi connectivity index (χ4v) is 4.30. The molecule has 0 spiro atoms. The van der Waals surface area contributed by atoms with Crippen LogP contribution in [0.25, 0.3) is 39.7 Å². The van der Waals surface area contributed by atoms with E-state index in [1.807, 2.05) is 48.7 Å². The van der Waals surface area contributed by atoms with Crippen LogP contribution in [-0.2, 0) is 6.54 Å². The summed E-state index contributed by atoms with van der Waals surface area (Å²) in [5.41, 5.74) is 10.5. The minimum absolute atomic E-state index is 0.156. The lowest BCUT2D eigenvalue weighted by Gasteiger charge is -2.09. The van der Waals surface area contributed by atoms with Gasteiger partial charge in [0.1, 0.15) is 23.9 Å². The van der Waals surface area contributed by atoms with Crippen molar-refractivity contribution in [2.24, 2.45) is 0 Å². The highest BCUT2D eigenvalue weighted by molar-refractivity contribution is 6.32. The van der Waals surface area contributed by atoms with Gasteiger partial charge in [0.2, 0.25) is 5.95 Å². The first kappa shape index (κ1) is 19.6. The van der Waals surface area contributed by atoms with Crippen LogP contribution in [0.15, 0.2) is 79.0 Å². The number of nitrogens with zero attached hydrogens (tertiary/aromatic N) is 5. The molecule has 0 fully saturated rings. The van der Waals surface area contributed by atoms with Crippen LogP contribution in [0.3, 0.4) is 0 Å². The van der Waals surface area contributed by atoms with E-state index in [4.69, 9.17) is 27.1 Å². The molecule has 0 radical (unpaired) electrons. The molecule has 2 aromatic heterocycles. The van der Waals surface area contributed by atoms with Crippen LogP contribution in [0, 0.1) is 0 Å². The highest BCUT2D eigenvalue weighted by atomic mass is 35.5. The summed E-state index contributed by atoms with van der Waals surface area (Å²) in [6.07, 6.45) is 1.96. The van der Waals surface area contributed by atoms with Gasteiger partial charge in [-0.1, -0.05) is 60.1 Å².